The van der Waals surface area contributed by atoms with E-state index in [1.165, 1.54) is 26.8 Å². The third-order valence-corrected chi connectivity index (χ3v) is 7.82. The van der Waals surface area contributed by atoms with E-state index in [0.717, 1.165) is 35.5 Å². The number of carbonyl (C=O) groups excluding carboxylic acids is 1. The van der Waals surface area contributed by atoms with E-state index in [-0.39, 0.29) is 11.8 Å². The zero-order valence-corrected chi connectivity index (χ0v) is 21.9. The fourth-order valence-electron chi connectivity index (χ4n) is 4.99. The van der Waals surface area contributed by atoms with Crippen molar-refractivity contribution in [1.82, 2.24) is 0 Å². The van der Waals surface area contributed by atoms with Gasteiger partial charge in [-0.2, -0.15) is 5.26 Å². The number of amides is 1. The molecule has 0 bridgehead atoms. The maximum Gasteiger partial charge on any atom is 0.226 e. The number of nitrogens with zero attached hydrogens (tertiary/aromatic N) is 2. The molecule has 4 nitrogen and oxygen atoms in total. The van der Waals surface area contributed by atoms with Gasteiger partial charge in [-0.1, -0.05) is 43.2 Å². The number of carbonyl (C=O) groups is 1. The van der Waals surface area contributed by atoms with Crippen LogP contribution in [0.4, 0.5) is 5.69 Å². The first-order chi connectivity index (χ1) is 18.1. The Labute approximate surface area is 222 Å². The highest BCUT2D eigenvalue weighted by Gasteiger charge is 2.26. The molecular formula is C32H28N2O2S. The quantitative estimate of drug-likeness (QED) is 0.245. The summed E-state index contributed by atoms with van der Waals surface area (Å²) in [6.07, 6.45) is 1.78. The average molecular weight is 505 g/mol. The van der Waals surface area contributed by atoms with Crippen LogP contribution in [0.25, 0.3) is 21.2 Å². The molecule has 0 saturated heterocycles. The molecule has 1 atom stereocenters. The number of benzene rings is 3. The minimum Gasteiger partial charge on any atom is -0.489 e. The molecule has 1 aromatic heterocycles. The summed E-state index contributed by atoms with van der Waals surface area (Å²) in [6.45, 7) is 4.93. The summed E-state index contributed by atoms with van der Waals surface area (Å²) in [7, 11) is 0. The van der Waals surface area contributed by atoms with Gasteiger partial charge in [0.15, 0.2) is 0 Å². The molecule has 1 aliphatic heterocycles. The van der Waals surface area contributed by atoms with Crippen LogP contribution in [-0.4, -0.2) is 12.5 Å². The van der Waals surface area contributed by atoms with E-state index in [9.17, 15) is 4.79 Å². The van der Waals surface area contributed by atoms with Crippen molar-refractivity contribution < 1.29 is 9.53 Å². The minimum atomic E-state index is -0.0740. The molecule has 0 spiro atoms. The maximum absolute atomic E-state index is 12.4. The molecule has 0 N–H and O–H groups in total. The zero-order valence-electron chi connectivity index (χ0n) is 21.1. The molecular weight excluding hydrogens is 476 g/mol. The van der Waals surface area contributed by atoms with E-state index in [4.69, 9.17) is 10.00 Å². The molecule has 4 aromatic rings. The second-order valence-corrected chi connectivity index (χ2v) is 10.0. The molecule has 3 aromatic carbocycles. The number of hydrogen-bond donors (Lipinski definition) is 0. The topological polar surface area (TPSA) is 53.3 Å². The Hall–Kier alpha value is -4.06. The molecule has 0 radical (unpaired) electrons. The molecule has 2 heterocycles. The van der Waals surface area contributed by atoms with Crippen molar-refractivity contribution in [2.75, 3.05) is 11.4 Å². The molecule has 0 unspecified atom stereocenters. The van der Waals surface area contributed by atoms with Crippen molar-refractivity contribution >= 4 is 33.0 Å². The van der Waals surface area contributed by atoms with Gasteiger partial charge in [-0.3, -0.25) is 4.79 Å². The molecule has 0 fully saturated rings. The summed E-state index contributed by atoms with van der Waals surface area (Å²) in [5, 5.41) is 12.5. The number of nitriles is 1. The Bertz CT molecular complexity index is 1550. The van der Waals surface area contributed by atoms with Crippen LogP contribution in [0.2, 0.25) is 0 Å². The van der Waals surface area contributed by atoms with E-state index >= 15 is 0 Å². The average Bonchev–Trinajstić information content (AvgIpc) is 3.56. The summed E-state index contributed by atoms with van der Waals surface area (Å²) in [5.74, 6) is 6.91. The number of fused-ring (bicyclic) bond motifs is 2. The Morgan fingerprint density at radius 3 is 2.73 bits per heavy atom. The number of thiophene rings is 1. The van der Waals surface area contributed by atoms with Crippen molar-refractivity contribution in [2.45, 2.75) is 45.6 Å². The van der Waals surface area contributed by atoms with Crippen LogP contribution in [0.5, 0.6) is 5.75 Å². The second kappa shape index (κ2) is 10.9. The van der Waals surface area contributed by atoms with Gasteiger partial charge in [0, 0.05) is 34.3 Å². The number of hydrogen-bond acceptors (Lipinski definition) is 4. The number of ether oxygens (including phenoxy) is 1. The zero-order chi connectivity index (χ0) is 25.8. The third kappa shape index (κ3) is 4.96. The lowest BCUT2D eigenvalue weighted by atomic mass is 9.96. The number of anilines is 1. The Kier molecular flexibility index (Phi) is 7.26. The van der Waals surface area contributed by atoms with Crippen LogP contribution in [0.3, 0.4) is 0 Å². The Morgan fingerprint density at radius 2 is 1.97 bits per heavy atom. The predicted octanol–water partition coefficient (Wildman–Crippen LogP) is 7.47. The molecule has 5 heteroatoms. The van der Waals surface area contributed by atoms with Crippen LogP contribution in [0, 0.1) is 23.2 Å². The van der Waals surface area contributed by atoms with Gasteiger partial charge in [0.05, 0.1) is 18.4 Å². The normalized spacial score (nSPS) is 12.9. The largest absolute Gasteiger partial charge is 0.489 e. The highest BCUT2D eigenvalue weighted by Crippen LogP contribution is 2.41. The summed E-state index contributed by atoms with van der Waals surface area (Å²) in [6, 6.07) is 22.9. The van der Waals surface area contributed by atoms with Gasteiger partial charge in [-0.25, -0.2) is 0 Å². The van der Waals surface area contributed by atoms with Crippen molar-refractivity contribution in [1.29, 1.82) is 5.26 Å². The van der Waals surface area contributed by atoms with Crippen LogP contribution < -0.4 is 9.64 Å². The summed E-state index contributed by atoms with van der Waals surface area (Å²) < 4.78 is 7.34. The van der Waals surface area contributed by atoms with Crippen LogP contribution in [0.1, 0.15) is 49.3 Å². The van der Waals surface area contributed by atoms with E-state index < -0.39 is 0 Å². The molecule has 1 aliphatic rings. The van der Waals surface area contributed by atoms with Crippen molar-refractivity contribution in [2.24, 2.45) is 0 Å². The van der Waals surface area contributed by atoms with Gasteiger partial charge in [-0.05, 0) is 71.3 Å². The van der Waals surface area contributed by atoms with Crippen LogP contribution >= 0.6 is 11.3 Å². The van der Waals surface area contributed by atoms with Gasteiger partial charge in [0.1, 0.15) is 12.4 Å². The lowest BCUT2D eigenvalue weighted by Gasteiger charge is -2.17. The minimum absolute atomic E-state index is 0.0740. The van der Waals surface area contributed by atoms with Gasteiger partial charge >= 0.3 is 0 Å². The lowest BCUT2D eigenvalue weighted by Crippen LogP contribution is -2.27. The van der Waals surface area contributed by atoms with E-state index in [1.54, 1.807) is 18.3 Å². The number of rotatable bonds is 7. The molecule has 37 heavy (non-hydrogen) atoms. The summed E-state index contributed by atoms with van der Waals surface area (Å²) in [4.78, 5) is 14.4. The lowest BCUT2D eigenvalue weighted by molar-refractivity contribution is -0.118. The highest BCUT2D eigenvalue weighted by atomic mass is 32.1. The van der Waals surface area contributed by atoms with E-state index in [0.29, 0.717) is 19.4 Å². The summed E-state index contributed by atoms with van der Waals surface area (Å²) in [5.41, 5.74) is 6.87. The fourth-order valence-corrected chi connectivity index (χ4v) is 5.93. The van der Waals surface area contributed by atoms with Gasteiger partial charge in [0.2, 0.25) is 5.91 Å². The van der Waals surface area contributed by atoms with Crippen molar-refractivity contribution in [3.63, 3.8) is 0 Å². The highest BCUT2D eigenvalue weighted by molar-refractivity contribution is 7.17. The van der Waals surface area contributed by atoms with Gasteiger partial charge < -0.3 is 9.64 Å². The predicted molar refractivity (Wildman–Crippen MR) is 151 cm³/mol. The van der Waals surface area contributed by atoms with Crippen molar-refractivity contribution in [3.8, 4) is 34.8 Å². The molecule has 184 valence electrons. The van der Waals surface area contributed by atoms with Gasteiger partial charge in [0.25, 0.3) is 0 Å². The second-order valence-electron chi connectivity index (χ2n) is 9.10. The SMILES string of the molecule is CC#C[C@@H](CC#N)c1ccc(OCc2ccc3scc(-c4cccc5c4CCN5C(=O)CC)c3c2)cc1. The Morgan fingerprint density at radius 1 is 1.14 bits per heavy atom. The first-order valence-corrected chi connectivity index (χ1v) is 13.5. The molecule has 1 amide bonds. The molecule has 0 aliphatic carbocycles. The smallest absolute Gasteiger partial charge is 0.226 e. The first-order valence-electron chi connectivity index (χ1n) is 12.6. The third-order valence-electron chi connectivity index (χ3n) is 6.86. The van der Waals surface area contributed by atoms with E-state index in [1.807, 2.05) is 36.1 Å². The Balaban J connectivity index is 1.37. The van der Waals surface area contributed by atoms with Crippen LogP contribution in [-0.2, 0) is 17.8 Å². The van der Waals surface area contributed by atoms with Gasteiger partial charge in [-0.15, -0.1) is 17.3 Å². The standard InChI is InChI=1S/C32H28N2O2S/c1-3-6-23(15-17-33)24-10-12-25(13-11-24)36-20-22-9-14-31-28(19-22)29(21-37-31)26-7-5-8-30-27(26)16-18-34(30)32(35)4-2/h5,7-14,19,21,23H,4,15-16,18,20H2,1-2H3/t23-/m0/s1. The maximum atomic E-state index is 12.4. The van der Waals surface area contributed by atoms with Crippen molar-refractivity contribution in [3.05, 3.63) is 82.7 Å². The molecule has 0 saturated carbocycles. The monoisotopic (exact) mass is 504 g/mol. The van der Waals surface area contributed by atoms with E-state index in [2.05, 4.69) is 59.7 Å². The molecule has 5 rings (SSSR count). The summed E-state index contributed by atoms with van der Waals surface area (Å²) >= 11 is 1.75. The van der Waals surface area contributed by atoms with Crippen LogP contribution in [0.15, 0.2) is 66.0 Å². The fraction of sp³-hybridized carbons (Fsp3) is 0.250. The first kappa shape index (κ1) is 24.6.